The molecule has 0 aliphatic rings. The number of rotatable bonds is 8. The number of hydrogen-bond donors (Lipinski definition) is 1. The Labute approximate surface area is 203 Å². The van der Waals surface area contributed by atoms with E-state index in [0.717, 1.165) is 5.69 Å². The molecule has 0 fully saturated rings. The van der Waals surface area contributed by atoms with Gasteiger partial charge in [-0.05, 0) is 55.5 Å². The van der Waals surface area contributed by atoms with E-state index in [9.17, 15) is 10.1 Å². The predicted molar refractivity (Wildman–Crippen MR) is 132 cm³/mol. The van der Waals surface area contributed by atoms with Gasteiger partial charge in [0.1, 0.15) is 22.9 Å². The standard InChI is InChI=1S/C27H24N4O4/c1-4-35-25-12-10-18(16-28)14-23(25)29-27(32)22-17-31(19-8-6-5-7-9-19)30-26(22)21-15-20(33-2)11-13-24(21)34-3/h5-15,17H,4H2,1-3H3,(H,29,32). The van der Waals surface area contributed by atoms with Crippen LogP contribution in [0.15, 0.2) is 72.9 Å². The number of anilines is 1. The topological polar surface area (TPSA) is 98.4 Å². The highest BCUT2D eigenvalue weighted by atomic mass is 16.5. The van der Waals surface area contributed by atoms with Crippen LogP contribution in [0.2, 0.25) is 0 Å². The Morgan fingerprint density at radius 3 is 2.49 bits per heavy atom. The molecule has 0 radical (unpaired) electrons. The molecule has 1 heterocycles. The molecule has 1 N–H and O–H groups in total. The van der Waals surface area contributed by atoms with E-state index in [4.69, 9.17) is 19.3 Å². The van der Waals surface area contributed by atoms with Crippen molar-refractivity contribution in [3.63, 3.8) is 0 Å². The molecule has 1 amide bonds. The summed E-state index contributed by atoms with van der Waals surface area (Å²) >= 11 is 0. The lowest BCUT2D eigenvalue weighted by atomic mass is 10.1. The molecule has 1 aromatic heterocycles. The van der Waals surface area contributed by atoms with Gasteiger partial charge in [0, 0.05) is 11.8 Å². The number of nitriles is 1. The maximum absolute atomic E-state index is 13.6. The second-order valence-electron chi connectivity index (χ2n) is 7.45. The van der Waals surface area contributed by atoms with E-state index in [1.807, 2.05) is 37.3 Å². The molecule has 0 saturated heterocycles. The Bertz CT molecular complexity index is 1390. The van der Waals surface area contributed by atoms with E-state index in [1.54, 1.807) is 61.5 Å². The van der Waals surface area contributed by atoms with Crippen molar-refractivity contribution < 1.29 is 19.0 Å². The van der Waals surface area contributed by atoms with Crippen LogP contribution in [0.3, 0.4) is 0 Å². The van der Waals surface area contributed by atoms with Crippen LogP contribution in [-0.2, 0) is 0 Å². The average Bonchev–Trinajstić information content (AvgIpc) is 3.35. The Morgan fingerprint density at radius 2 is 1.80 bits per heavy atom. The zero-order valence-electron chi connectivity index (χ0n) is 19.6. The van der Waals surface area contributed by atoms with Gasteiger partial charge in [0.05, 0.1) is 49.4 Å². The fourth-order valence-electron chi connectivity index (χ4n) is 3.62. The first kappa shape index (κ1) is 23.4. The molecule has 4 rings (SSSR count). The summed E-state index contributed by atoms with van der Waals surface area (Å²) < 4.78 is 18.2. The zero-order valence-corrected chi connectivity index (χ0v) is 19.6. The number of aromatic nitrogens is 2. The number of nitrogens with zero attached hydrogens (tertiary/aromatic N) is 3. The van der Waals surface area contributed by atoms with Gasteiger partial charge in [0.2, 0.25) is 0 Å². The van der Waals surface area contributed by atoms with E-state index in [2.05, 4.69) is 11.4 Å². The van der Waals surface area contributed by atoms with E-state index in [-0.39, 0.29) is 0 Å². The lowest BCUT2D eigenvalue weighted by Gasteiger charge is -2.13. The largest absolute Gasteiger partial charge is 0.497 e. The summed E-state index contributed by atoms with van der Waals surface area (Å²) in [5.74, 6) is 1.19. The molecule has 0 bridgehead atoms. The van der Waals surface area contributed by atoms with Crippen molar-refractivity contribution >= 4 is 11.6 Å². The SMILES string of the molecule is CCOc1ccc(C#N)cc1NC(=O)c1cn(-c2ccccc2)nc1-c1cc(OC)ccc1OC. The highest BCUT2D eigenvalue weighted by molar-refractivity contribution is 6.09. The van der Waals surface area contributed by atoms with Gasteiger partial charge in [0.25, 0.3) is 5.91 Å². The smallest absolute Gasteiger partial charge is 0.259 e. The third kappa shape index (κ3) is 4.94. The van der Waals surface area contributed by atoms with Gasteiger partial charge in [-0.3, -0.25) is 4.79 Å². The van der Waals surface area contributed by atoms with Gasteiger partial charge in [0.15, 0.2) is 0 Å². The first-order chi connectivity index (χ1) is 17.1. The highest BCUT2D eigenvalue weighted by Gasteiger charge is 2.23. The zero-order chi connectivity index (χ0) is 24.8. The lowest BCUT2D eigenvalue weighted by Crippen LogP contribution is -2.14. The second-order valence-corrected chi connectivity index (χ2v) is 7.45. The number of para-hydroxylation sites is 1. The summed E-state index contributed by atoms with van der Waals surface area (Å²) in [5, 5.41) is 16.9. The Hall–Kier alpha value is -4.77. The molecule has 0 unspecified atom stereocenters. The van der Waals surface area contributed by atoms with Crippen molar-refractivity contribution in [2.75, 3.05) is 26.1 Å². The molecule has 0 aliphatic carbocycles. The van der Waals surface area contributed by atoms with Gasteiger partial charge >= 0.3 is 0 Å². The number of benzene rings is 3. The number of carbonyl (C=O) groups excluding carboxylic acids is 1. The number of amides is 1. The van der Waals surface area contributed by atoms with Crippen molar-refractivity contribution in [2.24, 2.45) is 0 Å². The highest BCUT2D eigenvalue weighted by Crippen LogP contribution is 2.36. The molecular formula is C27H24N4O4. The average molecular weight is 469 g/mol. The quantitative estimate of drug-likeness (QED) is 0.387. The summed E-state index contributed by atoms with van der Waals surface area (Å²) in [6, 6.07) is 21.8. The summed E-state index contributed by atoms with van der Waals surface area (Å²) in [5.41, 5.74) is 2.91. The summed E-state index contributed by atoms with van der Waals surface area (Å²) in [6.07, 6.45) is 1.66. The van der Waals surface area contributed by atoms with Gasteiger partial charge in [-0.2, -0.15) is 10.4 Å². The molecule has 0 spiro atoms. The monoisotopic (exact) mass is 468 g/mol. The molecule has 0 aliphatic heterocycles. The van der Waals surface area contributed by atoms with E-state index < -0.39 is 5.91 Å². The van der Waals surface area contributed by atoms with Gasteiger partial charge in [-0.1, -0.05) is 18.2 Å². The van der Waals surface area contributed by atoms with Gasteiger partial charge < -0.3 is 19.5 Å². The lowest BCUT2D eigenvalue weighted by molar-refractivity contribution is 0.102. The van der Waals surface area contributed by atoms with E-state index in [0.29, 0.717) is 51.9 Å². The first-order valence-electron chi connectivity index (χ1n) is 10.9. The number of methoxy groups -OCH3 is 2. The van der Waals surface area contributed by atoms with Crippen LogP contribution in [-0.4, -0.2) is 36.5 Å². The summed E-state index contributed by atoms with van der Waals surface area (Å²) in [7, 11) is 3.13. The normalized spacial score (nSPS) is 10.3. The van der Waals surface area contributed by atoms with Gasteiger partial charge in [-0.25, -0.2) is 4.68 Å². The molecule has 8 nitrogen and oxygen atoms in total. The van der Waals surface area contributed by atoms with Crippen molar-refractivity contribution in [3.05, 3.63) is 84.1 Å². The van der Waals surface area contributed by atoms with Crippen LogP contribution in [0.1, 0.15) is 22.8 Å². The third-order valence-electron chi connectivity index (χ3n) is 5.30. The summed E-state index contributed by atoms with van der Waals surface area (Å²) in [4.78, 5) is 13.6. The molecular weight excluding hydrogens is 444 g/mol. The molecule has 4 aromatic rings. The van der Waals surface area contributed by atoms with Crippen molar-refractivity contribution in [2.45, 2.75) is 6.92 Å². The number of carbonyl (C=O) groups is 1. The van der Waals surface area contributed by atoms with Crippen LogP contribution in [0.25, 0.3) is 16.9 Å². The molecule has 8 heteroatoms. The minimum atomic E-state index is -0.414. The van der Waals surface area contributed by atoms with Crippen molar-refractivity contribution in [3.8, 4) is 40.3 Å². The van der Waals surface area contributed by atoms with Crippen molar-refractivity contribution in [1.29, 1.82) is 5.26 Å². The van der Waals surface area contributed by atoms with Crippen LogP contribution in [0.5, 0.6) is 17.2 Å². The van der Waals surface area contributed by atoms with Crippen LogP contribution >= 0.6 is 0 Å². The molecule has 3 aromatic carbocycles. The predicted octanol–water partition coefficient (Wildman–Crippen LogP) is 5.08. The third-order valence-corrected chi connectivity index (χ3v) is 5.30. The Balaban J connectivity index is 1.84. The Kier molecular flexibility index (Phi) is 6.98. The fraction of sp³-hybridized carbons (Fsp3) is 0.148. The molecule has 0 saturated carbocycles. The number of nitrogens with one attached hydrogen (secondary N) is 1. The van der Waals surface area contributed by atoms with E-state index in [1.165, 1.54) is 0 Å². The minimum Gasteiger partial charge on any atom is -0.497 e. The van der Waals surface area contributed by atoms with Crippen LogP contribution in [0.4, 0.5) is 5.69 Å². The second kappa shape index (κ2) is 10.4. The molecule has 0 atom stereocenters. The van der Waals surface area contributed by atoms with Crippen LogP contribution in [0, 0.1) is 11.3 Å². The maximum Gasteiger partial charge on any atom is 0.259 e. The maximum atomic E-state index is 13.6. The number of hydrogen-bond acceptors (Lipinski definition) is 6. The molecule has 35 heavy (non-hydrogen) atoms. The molecule has 176 valence electrons. The summed E-state index contributed by atoms with van der Waals surface area (Å²) in [6.45, 7) is 2.26. The minimum absolute atomic E-state index is 0.310. The fourth-order valence-corrected chi connectivity index (χ4v) is 3.62. The Morgan fingerprint density at radius 1 is 1.03 bits per heavy atom. The van der Waals surface area contributed by atoms with Crippen molar-refractivity contribution in [1.82, 2.24) is 9.78 Å². The van der Waals surface area contributed by atoms with Crippen LogP contribution < -0.4 is 19.5 Å². The number of ether oxygens (including phenoxy) is 3. The first-order valence-corrected chi connectivity index (χ1v) is 10.9. The van der Waals surface area contributed by atoms with E-state index >= 15 is 0 Å². The van der Waals surface area contributed by atoms with Gasteiger partial charge in [-0.15, -0.1) is 0 Å².